The van der Waals surface area contributed by atoms with Crippen LogP contribution in [0, 0.1) is 11.3 Å². The van der Waals surface area contributed by atoms with Crippen molar-refractivity contribution in [3.05, 3.63) is 53.6 Å². The van der Waals surface area contributed by atoms with Crippen molar-refractivity contribution in [1.29, 1.82) is 5.26 Å². The number of ether oxygens (including phenoxy) is 2. The van der Waals surface area contributed by atoms with Gasteiger partial charge in [-0.15, -0.1) is 0 Å². The summed E-state index contributed by atoms with van der Waals surface area (Å²) in [4.78, 5) is 11.9. The number of aliphatic carboxylic acids is 1. The second kappa shape index (κ2) is 10.1. The molecule has 0 radical (unpaired) electrons. The van der Waals surface area contributed by atoms with Gasteiger partial charge in [0.1, 0.15) is 11.5 Å². The minimum absolute atomic E-state index is 0.471. The molecule has 2 rings (SSSR count). The normalized spacial score (nSPS) is 11.3. The van der Waals surface area contributed by atoms with E-state index in [0.29, 0.717) is 41.5 Å². The van der Waals surface area contributed by atoms with E-state index in [1.807, 2.05) is 13.0 Å². The molecule has 27 heavy (non-hydrogen) atoms. The Bertz CT molecular complexity index is 797. The molecule has 0 aliphatic rings. The first kappa shape index (κ1) is 20.1. The molecule has 1 atom stereocenters. The lowest BCUT2D eigenvalue weighted by Gasteiger charge is -2.19. The van der Waals surface area contributed by atoms with E-state index in [-0.39, 0.29) is 0 Å². The van der Waals surface area contributed by atoms with Crippen molar-refractivity contribution in [2.75, 3.05) is 18.5 Å². The van der Waals surface area contributed by atoms with Crippen molar-refractivity contribution in [2.24, 2.45) is 0 Å². The zero-order valence-electron chi connectivity index (χ0n) is 15.6. The lowest BCUT2D eigenvalue weighted by molar-refractivity contribution is -0.138. The van der Waals surface area contributed by atoms with Gasteiger partial charge in [-0.05, 0) is 55.3 Å². The Morgan fingerprint density at radius 2 is 1.81 bits per heavy atom. The van der Waals surface area contributed by atoms with Gasteiger partial charge in [-0.25, -0.2) is 4.79 Å². The first-order chi connectivity index (χ1) is 13.1. The Balaban J connectivity index is 2.30. The maximum atomic E-state index is 11.9. The van der Waals surface area contributed by atoms with Crippen LogP contribution in [-0.2, 0) is 4.79 Å². The van der Waals surface area contributed by atoms with Crippen molar-refractivity contribution >= 4 is 11.7 Å². The number of nitriles is 1. The summed E-state index contributed by atoms with van der Waals surface area (Å²) in [5.74, 6) is 0.124. The van der Waals surface area contributed by atoms with Crippen LogP contribution in [0.15, 0.2) is 42.5 Å². The van der Waals surface area contributed by atoms with E-state index in [1.54, 1.807) is 42.5 Å². The number of carboxylic acids is 1. The summed E-state index contributed by atoms with van der Waals surface area (Å²) in [6, 6.07) is 12.9. The molecule has 142 valence electrons. The van der Waals surface area contributed by atoms with E-state index in [1.165, 1.54) is 0 Å². The lowest BCUT2D eigenvalue weighted by atomic mass is 10.1. The van der Waals surface area contributed by atoms with Crippen molar-refractivity contribution in [2.45, 2.75) is 32.7 Å². The highest BCUT2D eigenvalue weighted by atomic mass is 16.5. The van der Waals surface area contributed by atoms with Crippen molar-refractivity contribution in [3.8, 4) is 17.6 Å². The summed E-state index contributed by atoms with van der Waals surface area (Å²) < 4.78 is 11.3. The SMILES string of the molecule is CCCCOc1cc(OCC)cc([C@@H](Nc2ccc(C#N)cc2)C(=O)O)c1. The van der Waals surface area contributed by atoms with Gasteiger partial charge in [0.05, 0.1) is 24.8 Å². The number of unbranched alkanes of at least 4 members (excludes halogenated alkanes) is 1. The zero-order chi connectivity index (χ0) is 19.6. The molecule has 6 nitrogen and oxygen atoms in total. The Morgan fingerprint density at radius 1 is 1.15 bits per heavy atom. The fourth-order valence-corrected chi connectivity index (χ4v) is 2.52. The van der Waals surface area contributed by atoms with Gasteiger partial charge in [-0.3, -0.25) is 0 Å². The lowest BCUT2D eigenvalue weighted by Crippen LogP contribution is -2.20. The van der Waals surface area contributed by atoms with Crippen LogP contribution in [0.25, 0.3) is 0 Å². The van der Waals surface area contributed by atoms with Gasteiger partial charge < -0.3 is 19.9 Å². The molecule has 0 spiro atoms. The Labute approximate surface area is 159 Å². The van der Waals surface area contributed by atoms with Crippen LogP contribution in [0.4, 0.5) is 5.69 Å². The van der Waals surface area contributed by atoms with Gasteiger partial charge in [-0.1, -0.05) is 13.3 Å². The fraction of sp³-hybridized carbons (Fsp3) is 0.333. The zero-order valence-corrected chi connectivity index (χ0v) is 15.6. The number of rotatable bonds is 10. The second-order valence-corrected chi connectivity index (χ2v) is 5.98. The maximum absolute atomic E-state index is 11.9. The molecular formula is C21H24N2O4. The molecule has 0 aliphatic heterocycles. The summed E-state index contributed by atoms with van der Waals surface area (Å²) in [6.07, 6.45) is 1.93. The number of nitrogens with zero attached hydrogens (tertiary/aromatic N) is 1. The third-order valence-electron chi connectivity index (χ3n) is 3.89. The largest absolute Gasteiger partial charge is 0.494 e. The van der Waals surface area contributed by atoms with Gasteiger partial charge in [-0.2, -0.15) is 5.26 Å². The van der Waals surface area contributed by atoms with Crippen LogP contribution in [-0.4, -0.2) is 24.3 Å². The fourth-order valence-electron chi connectivity index (χ4n) is 2.52. The Morgan fingerprint density at radius 3 is 2.37 bits per heavy atom. The molecule has 0 saturated carbocycles. The molecule has 0 heterocycles. The van der Waals surface area contributed by atoms with Gasteiger partial charge in [0.25, 0.3) is 0 Å². The van der Waals surface area contributed by atoms with Gasteiger partial charge in [0, 0.05) is 11.8 Å². The molecule has 2 aromatic carbocycles. The number of benzene rings is 2. The number of carboxylic acid groups (broad SMARTS) is 1. The average Bonchev–Trinajstić information content (AvgIpc) is 2.66. The van der Waals surface area contributed by atoms with Gasteiger partial charge in [0.15, 0.2) is 6.04 Å². The van der Waals surface area contributed by atoms with E-state index < -0.39 is 12.0 Å². The van der Waals surface area contributed by atoms with Crippen LogP contribution in [0.1, 0.15) is 43.9 Å². The predicted octanol–water partition coefficient (Wildman–Crippen LogP) is 4.37. The minimum atomic E-state index is -1.02. The Kier molecular flexibility index (Phi) is 7.50. The molecule has 0 aromatic heterocycles. The molecule has 0 unspecified atom stereocenters. The first-order valence-electron chi connectivity index (χ1n) is 8.97. The van der Waals surface area contributed by atoms with Crippen LogP contribution in [0.3, 0.4) is 0 Å². The highest BCUT2D eigenvalue weighted by Gasteiger charge is 2.21. The first-order valence-corrected chi connectivity index (χ1v) is 8.97. The molecule has 0 amide bonds. The number of nitrogens with one attached hydrogen (secondary N) is 1. The molecule has 6 heteroatoms. The minimum Gasteiger partial charge on any atom is -0.494 e. The summed E-state index contributed by atoms with van der Waals surface area (Å²) in [5, 5.41) is 21.6. The summed E-state index contributed by atoms with van der Waals surface area (Å²) in [7, 11) is 0. The number of carbonyl (C=O) groups is 1. The maximum Gasteiger partial charge on any atom is 0.330 e. The second-order valence-electron chi connectivity index (χ2n) is 5.98. The van der Waals surface area contributed by atoms with Crippen molar-refractivity contribution < 1.29 is 19.4 Å². The molecule has 0 fully saturated rings. The predicted molar refractivity (Wildman–Crippen MR) is 103 cm³/mol. The number of anilines is 1. The Hall–Kier alpha value is -3.20. The molecule has 2 aromatic rings. The molecule has 2 N–H and O–H groups in total. The molecule has 0 aliphatic carbocycles. The van der Waals surface area contributed by atoms with E-state index in [4.69, 9.17) is 14.7 Å². The average molecular weight is 368 g/mol. The molecule has 0 bridgehead atoms. The molecule has 0 saturated heterocycles. The standard InChI is InChI=1S/C21H24N2O4/c1-3-5-10-27-19-12-16(11-18(13-19)26-4-2)20(21(24)25)23-17-8-6-15(14-22)7-9-17/h6-9,11-13,20,23H,3-5,10H2,1-2H3,(H,24,25)/t20-/m1/s1. The van der Waals surface area contributed by atoms with Gasteiger partial charge in [0.2, 0.25) is 0 Å². The van der Waals surface area contributed by atoms with E-state index in [9.17, 15) is 9.90 Å². The highest BCUT2D eigenvalue weighted by molar-refractivity contribution is 5.79. The summed E-state index contributed by atoms with van der Waals surface area (Å²) in [5.41, 5.74) is 1.65. The van der Waals surface area contributed by atoms with Crippen LogP contribution >= 0.6 is 0 Å². The van der Waals surface area contributed by atoms with E-state index in [0.717, 1.165) is 12.8 Å². The topological polar surface area (TPSA) is 91.6 Å². The summed E-state index contributed by atoms with van der Waals surface area (Å²) in [6.45, 7) is 4.98. The monoisotopic (exact) mass is 368 g/mol. The van der Waals surface area contributed by atoms with Gasteiger partial charge >= 0.3 is 5.97 Å². The number of hydrogen-bond donors (Lipinski definition) is 2. The van der Waals surface area contributed by atoms with Crippen molar-refractivity contribution in [3.63, 3.8) is 0 Å². The third-order valence-corrected chi connectivity index (χ3v) is 3.89. The van der Waals surface area contributed by atoms with Crippen LogP contribution < -0.4 is 14.8 Å². The quantitative estimate of drug-likeness (QED) is 0.605. The number of hydrogen-bond acceptors (Lipinski definition) is 5. The molecular weight excluding hydrogens is 344 g/mol. The van der Waals surface area contributed by atoms with E-state index in [2.05, 4.69) is 12.2 Å². The van der Waals surface area contributed by atoms with Crippen molar-refractivity contribution in [1.82, 2.24) is 0 Å². The summed E-state index contributed by atoms with van der Waals surface area (Å²) >= 11 is 0. The van der Waals surface area contributed by atoms with Crippen LogP contribution in [0.5, 0.6) is 11.5 Å². The highest BCUT2D eigenvalue weighted by Crippen LogP contribution is 2.29. The smallest absolute Gasteiger partial charge is 0.330 e. The van der Waals surface area contributed by atoms with Crippen LogP contribution in [0.2, 0.25) is 0 Å². The third kappa shape index (κ3) is 5.93. The van der Waals surface area contributed by atoms with E-state index >= 15 is 0 Å².